The first-order valence-corrected chi connectivity index (χ1v) is 9.56. The third kappa shape index (κ3) is 6.48. The van der Waals surface area contributed by atoms with Crippen molar-refractivity contribution in [3.8, 4) is 6.07 Å². The Morgan fingerprint density at radius 2 is 1.71 bits per heavy atom. The highest BCUT2D eigenvalue weighted by Crippen LogP contribution is 2.33. The monoisotopic (exact) mass is 327 g/mol. The Labute approximate surface area is 146 Å². The third-order valence-electron chi connectivity index (χ3n) is 5.27. The van der Waals surface area contributed by atoms with Gasteiger partial charge in [0.15, 0.2) is 5.83 Å². The molecular formula is C22H30FN. The molecule has 130 valence electrons. The number of benzene rings is 1. The molecule has 0 spiro atoms. The fourth-order valence-corrected chi connectivity index (χ4v) is 3.81. The van der Waals surface area contributed by atoms with Crippen molar-refractivity contribution < 1.29 is 4.39 Å². The van der Waals surface area contributed by atoms with Crippen molar-refractivity contribution in [2.75, 3.05) is 0 Å². The Hall–Kier alpha value is -1.62. The van der Waals surface area contributed by atoms with Gasteiger partial charge in [0.1, 0.15) is 6.07 Å². The molecule has 2 rings (SSSR count). The first kappa shape index (κ1) is 18.7. The second kappa shape index (κ2) is 10.3. The van der Waals surface area contributed by atoms with Crippen LogP contribution in [0, 0.1) is 23.2 Å². The van der Waals surface area contributed by atoms with E-state index in [-0.39, 0.29) is 5.92 Å². The van der Waals surface area contributed by atoms with E-state index < -0.39 is 5.83 Å². The maximum absolute atomic E-state index is 13.0. The maximum Gasteiger partial charge on any atom is 0.196 e. The van der Waals surface area contributed by atoms with Crippen LogP contribution >= 0.6 is 0 Å². The summed E-state index contributed by atoms with van der Waals surface area (Å²) >= 11 is 0. The van der Waals surface area contributed by atoms with E-state index in [0.717, 1.165) is 18.8 Å². The van der Waals surface area contributed by atoms with Crippen LogP contribution in [-0.2, 0) is 12.8 Å². The Balaban J connectivity index is 1.61. The molecule has 1 saturated carbocycles. The molecule has 1 aromatic rings. The number of aryl methyl sites for hydroxylation is 2. The van der Waals surface area contributed by atoms with Crippen LogP contribution in [0.15, 0.2) is 36.2 Å². The smallest absolute Gasteiger partial charge is 0.195 e. The van der Waals surface area contributed by atoms with Crippen molar-refractivity contribution in [1.29, 1.82) is 5.26 Å². The number of nitrogens with zero attached hydrogens (tertiary/aromatic N) is 1. The normalized spacial score (nSPS) is 21.5. The van der Waals surface area contributed by atoms with E-state index in [9.17, 15) is 4.39 Å². The van der Waals surface area contributed by atoms with Gasteiger partial charge in [0, 0.05) is 0 Å². The molecule has 24 heavy (non-hydrogen) atoms. The van der Waals surface area contributed by atoms with Gasteiger partial charge in [-0.25, -0.2) is 0 Å². The van der Waals surface area contributed by atoms with Crippen LogP contribution in [0.3, 0.4) is 0 Å². The second-order valence-corrected chi connectivity index (χ2v) is 7.22. The van der Waals surface area contributed by atoms with Gasteiger partial charge in [-0.3, -0.25) is 0 Å². The van der Waals surface area contributed by atoms with Crippen LogP contribution in [0.25, 0.3) is 0 Å². The molecule has 0 saturated heterocycles. The van der Waals surface area contributed by atoms with Gasteiger partial charge in [0.25, 0.3) is 0 Å². The van der Waals surface area contributed by atoms with Crippen molar-refractivity contribution in [1.82, 2.24) is 0 Å². The number of halogens is 1. The van der Waals surface area contributed by atoms with E-state index in [1.165, 1.54) is 68.6 Å². The third-order valence-corrected chi connectivity index (χ3v) is 5.27. The minimum Gasteiger partial charge on any atom is -0.195 e. The lowest BCUT2D eigenvalue weighted by Gasteiger charge is -2.26. The minimum absolute atomic E-state index is 0.280. The fraction of sp³-hybridized carbons (Fsp3) is 0.591. The molecule has 2 heteroatoms. The molecular weight excluding hydrogens is 297 g/mol. The molecule has 1 aliphatic rings. The summed E-state index contributed by atoms with van der Waals surface area (Å²) in [6.07, 6.45) is 13.4. The van der Waals surface area contributed by atoms with Crippen LogP contribution < -0.4 is 0 Å². The average Bonchev–Trinajstić information content (AvgIpc) is 2.61. The zero-order chi connectivity index (χ0) is 17.2. The molecule has 1 fully saturated rings. The Morgan fingerprint density at radius 3 is 2.29 bits per heavy atom. The number of allylic oxidation sites excluding steroid dienone is 2. The van der Waals surface area contributed by atoms with Gasteiger partial charge in [0.2, 0.25) is 0 Å². The van der Waals surface area contributed by atoms with Crippen molar-refractivity contribution in [3.05, 3.63) is 47.3 Å². The molecule has 0 bridgehead atoms. The lowest BCUT2D eigenvalue weighted by atomic mass is 9.79. The highest BCUT2D eigenvalue weighted by molar-refractivity contribution is 5.22. The standard InChI is InChI=1S/C22H30FN/c1-2-5-18-8-10-19(11-9-18)6-3-4-7-20-12-14-21(15-13-20)16-22(23)17-24/h8-11,16,20-21H,2-7,12-15H2,1H3/b22-16+/t20-,21-. The number of rotatable bonds is 8. The molecule has 0 atom stereocenters. The number of hydrogen-bond acceptors (Lipinski definition) is 1. The molecule has 0 aromatic heterocycles. The number of unbranched alkanes of at least 4 members (excludes halogenated alkanes) is 1. The van der Waals surface area contributed by atoms with Gasteiger partial charge in [-0.2, -0.15) is 9.65 Å². The van der Waals surface area contributed by atoms with E-state index in [0.29, 0.717) is 0 Å². The van der Waals surface area contributed by atoms with Crippen LogP contribution in [0.5, 0.6) is 0 Å². The Kier molecular flexibility index (Phi) is 8.02. The molecule has 1 aliphatic carbocycles. The summed E-state index contributed by atoms with van der Waals surface area (Å²) in [5.41, 5.74) is 2.90. The van der Waals surface area contributed by atoms with Crippen molar-refractivity contribution in [3.63, 3.8) is 0 Å². The van der Waals surface area contributed by atoms with Crippen molar-refractivity contribution in [2.24, 2.45) is 11.8 Å². The van der Waals surface area contributed by atoms with E-state index in [4.69, 9.17) is 5.26 Å². The lowest BCUT2D eigenvalue weighted by molar-refractivity contribution is 0.288. The van der Waals surface area contributed by atoms with Gasteiger partial charge in [-0.15, -0.1) is 0 Å². The fourth-order valence-electron chi connectivity index (χ4n) is 3.81. The van der Waals surface area contributed by atoms with Crippen molar-refractivity contribution >= 4 is 0 Å². The first-order valence-electron chi connectivity index (χ1n) is 9.56. The van der Waals surface area contributed by atoms with Crippen LogP contribution in [-0.4, -0.2) is 0 Å². The van der Waals surface area contributed by atoms with Gasteiger partial charge in [-0.1, -0.05) is 50.5 Å². The van der Waals surface area contributed by atoms with Gasteiger partial charge in [-0.05, 0) is 74.0 Å². The summed E-state index contributed by atoms with van der Waals surface area (Å²) in [6, 6.07) is 10.7. The molecule has 0 radical (unpaired) electrons. The average molecular weight is 327 g/mol. The van der Waals surface area contributed by atoms with E-state index >= 15 is 0 Å². The molecule has 1 nitrogen and oxygen atoms in total. The number of hydrogen-bond donors (Lipinski definition) is 0. The predicted molar refractivity (Wildman–Crippen MR) is 98.2 cm³/mol. The highest BCUT2D eigenvalue weighted by Gasteiger charge is 2.20. The predicted octanol–water partition coefficient (Wildman–Crippen LogP) is 6.54. The molecule has 0 amide bonds. The van der Waals surface area contributed by atoms with Gasteiger partial charge in [0.05, 0.1) is 0 Å². The summed E-state index contributed by atoms with van der Waals surface area (Å²) in [4.78, 5) is 0. The molecule has 0 N–H and O–H groups in total. The van der Waals surface area contributed by atoms with Crippen LogP contribution in [0.1, 0.15) is 69.4 Å². The van der Waals surface area contributed by atoms with E-state index in [2.05, 4.69) is 31.2 Å². The summed E-state index contributed by atoms with van der Waals surface area (Å²) in [6.45, 7) is 2.22. The van der Waals surface area contributed by atoms with E-state index in [1.807, 2.05) is 0 Å². The topological polar surface area (TPSA) is 23.8 Å². The van der Waals surface area contributed by atoms with Crippen molar-refractivity contribution in [2.45, 2.75) is 71.1 Å². The Bertz CT molecular complexity index is 544. The summed E-state index contributed by atoms with van der Waals surface area (Å²) in [5.74, 6) is 0.470. The van der Waals surface area contributed by atoms with Crippen LogP contribution in [0.4, 0.5) is 4.39 Å². The molecule has 0 aliphatic heterocycles. The largest absolute Gasteiger partial charge is 0.196 e. The zero-order valence-corrected chi connectivity index (χ0v) is 14.9. The summed E-state index contributed by atoms with van der Waals surface area (Å²) < 4.78 is 13.0. The highest BCUT2D eigenvalue weighted by atomic mass is 19.1. The molecule has 0 heterocycles. The summed E-state index contributed by atoms with van der Waals surface area (Å²) in [5, 5.41) is 8.50. The minimum atomic E-state index is -0.608. The molecule has 1 aromatic carbocycles. The first-order chi connectivity index (χ1) is 11.7. The van der Waals surface area contributed by atoms with Crippen LogP contribution in [0.2, 0.25) is 0 Å². The molecule has 0 unspecified atom stereocenters. The van der Waals surface area contributed by atoms with Gasteiger partial charge < -0.3 is 0 Å². The number of nitriles is 1. The summed E-state index contributed by atoms with van der Waals surface area (Å²) in [7, 11) is 0. The SMILES string of the molecule is CCCc1ccc(CCCC[C@H]2CC[C@H](/C=C(/F)C#N)CC2)cc1. The quantitative estimate of drug-likeness (QED) is 0.393. The van der Waals surface area contributed by atoms with E-state index in [1.54, 1.807) is 6.07 Å². The Morgan fingerprint density at radius 1 is 1.08 bits per heavy atom. The zero-order valence-electron chi connectivity index (χ0n) is 14.9. The lowest BCUT2D eigenvalue weighted by Crippen LogP contribution is -2.13. The maximum atomic E-state index is 13.0. The second-order valence-electron chi connectivity index (χ2n) is 7.22. The van der Waals surface area contributed by atoms with Gasteiger partial charge >= 0.3 is 0 Å².